The fourth-order valence-electron chi connectivity index (χ4n) is 6.27. The zero-order chi connectivity index (χ0) is 21.6. The number of carbonyl (C=O) groups is 1. The van der Waals surface area contributed by atoms with Crippen LogP contribution in [0.3, 0.4) is 0 Å². The van der Waals surface area contributed by atoms with Gasteiger partial charge in [0.15, 0.2) is 0 Å². The number of benzene rings is 1. The van der Waals surface area contributed by atoms with Gasteiger partial charge in [-0.05, 0) is 50.7 Å². The molecule has 2 bridgehead atoms. The van der Waals surface area contributed by atoms with Gasteiger partial charge in [0, 0.05) is 55.8 Å². The number of nitrogens with zero attached hydrogens (tertiary/aromatic N) is 2. The lowest BCUT2D eigenvalue weighted by molar-refractivity contribution is -0.139. The van der Waals surface area contributed by atoms with E-state index in [2.05, 4.69) is 49.1 Å². The Hall–Kier alpha value is -2.40. The van der Waals surface area contributed by atoms with Crippen LogP contribution in [0.5, 0.6) is 0 Å². The molecule has 3 aliphatic heterocycles. The first kappa shape index (κ1) is 20.5. The SMILES string of the molecule is CC1(C)C[C@](CC(=O)N2C[C@@H]3C[C@@H](C2)c2cccc(=O)n2C3)(c2ccccc2)CCO1. The summed E-state index contributed by atoms with van der Waals surface area (Å²) in [7, 11) is 0. The summed E-state index contributed by atoms with van der Waals surface area (Å²) in [4.78, 5) is 28.1. The Bertz CT molecular complexity index is 1030. The van der Waals surface area contributed by atoms with Crippen LogP contribution in [0.2, 0.25) is 0 Å². The highest BCUT2D eigenvalue weighted by molar-refractivity contribution is 5.78. The van der Waals surface area contributed by atoms with Gasteiger partial charge in [0.25, 0.3) is 5.56 Å². The van der Waals surface area contributed by atoms with E-state index in [0.717, 1.165) is 38.0 Å². The molecule has 1 aromatic heterocycles. The summed E-state index contributed by atoms with van der Waals surface area (Å²) < 4.78 is 7.95. The third kappa shape index (κ3) is 3.84. The third-order valence-electron chi connectivity index (χ3n) is 7.55. The molecule has 0 unspecified atom stereocenters. The highest BCUT2D eigenvalue weighted by atomic mass is 16.5. The molecule has 0 saturated carbocycles. The number of hydrogen-bond donors (Lipinski definition) is 0. The largest absolute Gasteiger partial charge is 0.376 e. The van der Waals surface area contributed by atoms with Crippen LogP contribution in [-0.2, 0) is 21.5 Å². The second-order valence-corrected chi connectivity index (χ2v) is 10.4. The summed E-state index contributed by atoms with van der Waals surface area (Å²) in [6, 6.07) is 16.1. The third-order valence-corrected chi connectivity index (χ3v) is 7.55. The molecule has 2 aromatic rings. The number of ether oxygens (including phenoxy) is 1. The van der Waals surface area contributed by atoms with Crippen LogP contribution in [0.15, 0.2) is 53.3 Å². The van der Waals surface area contributed by atoms with Crippen molar-refractivity contribution < 1.29 is 9.53 Å². The number of aromatic nitrogens is 1. The van der Waals surface area contributed by atoms with E-state index in [1.165, 1.54) is 5.56 Å². The van der Waals surface area contributed by atoms with Crippen molar-refractivity contribution in [2.75, 3.05) is 19.7 Å². The Morgan fingerprint density at radius 2 is 1.87 bits per heavy atom. The van der Waals surface area contributed by atoms with Gasteiger partial charge in [-0.1, -0.05) is 36.4 Å². The van der Waals surface area contributed by atoms with E-state index in [1.54, 1.807) is 6.07 Å². The molecule has 5 nitrogen and oxygen atoms in total. The first-order valence-electron chi connectivity index (χ1n) is 11.5. The van der Waals surface area contributed by atoms with Gasteiger partial charge in [0.05, 0.1) is 5.60 Å². The van der Waals surface area contributed by atoms with Crippen LogP contribution in [0.1, 0.15) is 56.7 Å². The quantitative estimate of drug-likeness (QED) is 0.761. The maximum Gasteiger partial charge on any atom is 0.250 e. The first-order chi connectivity index (χ1) is 14.9. The lowest BCUT2D eigenvalue weighted by atomic mass is 9.67. The van der Waals surface area contributed by atoms with Gasteiger partial charge in [-0.15, -0.1) is 0 Å². The number of pyridine rings is 1. The van der Waals surface area contributed by atoms with Crippen molar-refractivity contribution in [3.8, 4) is 0 Å². The summed E-state index contributed by atoms with van der Waals surface area (Å²) in [6.07, 6.45) is 3.29. The van der Waals surface area contributed by atoms with Crippen LogP contribution in [0.25, 0.3) is 0 Å². The van der Waals surface area contributed by atoms with E-state index in [-0.39, 0.29) is 28.4 Å². The monoisotopic (exact) mass is 420 g/mol. The molecule has 1 amide bonds. The molecule has 0 radical (unpaired) electrons. The lowest BCUT2D eigenvalue weighted by Crippen LogP contribution is -2.52. The summed E-state index contributed by atoms with van der Waals surface area (Å²) in [6.45, 7) is 7.13. The predicted molar refractivity (Wildman–Crippen MR) is 120 cm³/mol. The number of amides is 1. The summed E-state index contributed by atoms with van der Waals surface area (Å²) in [5.74, 6) is 0.848. The topological polar surface area (TPSA) is 51.5 Å². The minimum absolute atomic E-state index is 0.0828. The van der Waals surface area contributed by atoms with E-state index in [4.69, 9.17) is 4.74 Å². The number of likely N-dealkylation sites (tertiary alicyclic amines) is 1. The number of carbonyl (C=O) groups excluding carboxylic acids is 1. The number of fused-ring (bicyclic) bond motifs is 4. The van der Waals surface area contributed by atoms with Crippen LogP contribution in [0, 0.1) is 5.92 Å². The van der Waals surface area contributed by atoms with Crippen LogP contribution in [-0.4, -0.2) is 40.7 Å². The van der Waals surface area contributed by atoms with E-state index in [9.17, 15) is 9.59 Å². The Labute approximate surface area is 184 Å². The molecule has 3 aliphatic rings. The van der Waals surface area contributed by atoms with Gasteiger partial charge >= 0.3 is 0 Å². The Balaban J connectivity index is 1.40. The summed E-state index contributed by atoms with van der Waals surface area (Å²) in [5, 5.41) is 0. The van der Waals surface area contributed by atoms with Gasteiger partial charge in [0.2, 0.25) is 5.91 Å². The Morgan fingerprint density at radius 3 is 2.65 bits per heavy atom. The van der Waals surface area contributed by atoms with Crippen molar-refractivity contribution in [1.29, 1.82) is 0 Å². The standard InChI is InChI=1S/C26H32N2O3/c1-25(2)18-26(11-12-31-25,21-7-4-3-5-8-21)14-24(30)27-15-19-13-20(17-27)22-9-6-10-23(29)28(22)16-19/h3-10,19-20H,11-18H2,1-2H3/t19-,20-,26-/m0/s1. The molecule has 0 aliphatic carbocycles. The van der Waals surface area contributed by atoms with Crippen molar-refractivity contribution in [1.82, 2.24) is 9.47 Å². The zero-order valence-electron chi connectivity index (χ0n) is 18.5. The second-order valence-electron chi connectivity index (χ2n) is 10.4. The molecule has 2 saturated heterocycles. The highest BCUT2D eigenvalue weighted by Gasteiger charge is 2.45. The van der Waals surface area contributed by atoms with Gasteiger partial charge in [-0.3, -0.25) is 9.59 Å². The summed E-state index contributed by atoms with van der Waals surface area (Å²) in [5.41, 5.74) is 1.98. The van der Waals surface area contributed by atoms with E-state index in [0.29, 0.717) is 25.5 Å². The van der Waals surface area contributed by atoms with Crippen molar-refractivity contribution in [2.45, 2.75) is 63.0 Å². The lowest BCUT2D eigenvalue weighted by Gasteiger charge is -2.47. The maximum atomic E-state index is 13.7. The minimum Gasteiger partial charge on any atom is -0.376 e. The number of hydrogen-bond acceptors (Lipinski definition) is 3. The fourth-order valence-corrected chi connectivity index (χ4v) is 6.27. The van der Waals surface area contributed by atoms with Crippen molar-refractivity contribution in [2.24, 2.45) is 5.92 Å². The average Bonchev–Trinajstić information content (AvgIpc) is 2.74. The molecular formula is C26H32N2O3. The van der Waals surface area contributed by atoms with E-state index < -0.39 is 0 Å². The normalized spacial score (nSPS) is 29.3. The van der Waals surface area contributed by atoms with Crippen molar-refractivity contribution in [3.63, 3.8) is 0 Å². The molecule has 3 atom stereocenters. The molecule has 0 N–H and O–H groups in total. The van der Waals surface area contributed by atoms with Crippen LogP contribution in [0.4, 0.5) is 0 Å². The molecule has 31 heavy (non-hydrogen) atoms. The van der Waals surface area contributed by atoms with Crippen molar-refractivity contribution >= 4 is 5.91 Å². The first-order valence-corrected chi connectivity index (χ1v) is 11.5. The minimum atomic E-state index is -0.243. The molecule has 1 aromatic carbocycles. The molecule has 2 fully saturated rings. The molecule has 5 rings (SSSR count). The van der Waals surface area contributed by atoms with Crippen LogP contribution < -0.4 is 5.56 Å². The molecule has 4 heterocycles. The Kier molecular flexibility index (Phi) is 5.04. The highest BCUT2D eigenvalue weighted by Crippen LogP contribution is 2.45. The van der Waals surface area contributed by atoms with Crippen LogP contribution >= 0.6 is 0 Å². The van der Waals surface area contributed by atoms with E-state index >= 15 is 0 Å². The fraction of sp³-hybridized carbons (Fsp3) is 0.538. The second kappa shape index (κ2) is 7.63. The maximum absolute atomic E-state index is 13.7. The molecule has 0 spiro atoms. The smallest absolute Gasteiger partial charge is 0.250 e. The van der Waals surface area contributed by atoms with Gasteiger partial charge in [-0.25, -0.2) is 0 Å². The number of piperidine rings is 1. The Morgan fingerprint density at radius 1 is 1.06 bits per heavy atom. The zero-order valence-corrected chi connectivity index (χ0v) is 18.5. The van der Waals surface area contributed by atoms with Gasteiger partial charge in [-0.2, -0.15) is 0 Å². The van der Waals surface area contributed by atoms with Gasteiger partial charge in [0.1, 0.15) is 0 Å². The molecular weight excluding hydrogens is 388 g/mol. The van der Waals surface area contributed by atoms with Gasteiger partial charge < -0.3 is 14.2 Å². The summed E-state index contributed by atoms with van der Waals surface area (Å²) >= 11 is 0. The average molecular weight is 421 g/mol. The molecule has 5 heteroatoms. The predicted octanol–water partition coefficient (Wildman–Crippen LogP) is 3.71. The van der Waals surface area contributed by atoms with Crippen molar-refractivity contribution in [3.05, 3.63) is 70.1 Å². The van der Waals surface area contributed by atoms with E-state index in [1.807, 2.05) is 16.7 Å². The molecule has 164 valence electrons. The number of rotatable bonds is 3.